The molecule has 1 atom stereocenters. The van der Waals surface area contributed by atoms with Crippen molar-refractivity contribution in [3.63, 3.8) is 0 Å². The number of hydrogen-bond donors (Lipinski definition) is 0. The summed E-state index contributed by atoms with van der Waals surface area (Å²) in [6, 6.07) is 5.50. The third kappa shape index (κ3) is 2.96. The van der Waals surface area contributed by atoms with Crippen molar-refractivity contribution < 1.29 is 9.32 Å². The third-order valence-electron chi connectivity index (χ3n) is 3.90. The van der Waals surface area contributed by atoms with Gasteiger partial charge in [0.15, 0.2) is 5.76 Å². The SMILES string of the molecule is Cc1cc(C2CCCCCN2C(=O)c2cccnc2)on1. The van der Waals surface area contributed by atoms with Crippen molar-refractivity contribution >= 4 is 5.91 Å². The van der Waals surface area contributed by atoms with E-state index in [1.807, 2.05) is 24.0 Å². The molecule has 0 aliphatic carbocycles. The number of nitrogens with zero attached hydrogens (tertiary/aromatic N) is 3. The average molecular weight is 285 g/mol. The summed E-state index contributed by atoms with van der Waals surface area (Å²) < 4.78 is 5.42. The minimum absolute atomic E-state index is 0.0176. The Balaban J connectivity index is 1.90. The standard InChI is InChI=1S/C16H19N3O2/c1-12-10-15(21-18-12)14-7-3-2-4-9-19(14)16(20)13-6-5-8-17-11-13/h5-6,8,10-11,14H,2-4,7,9H2,1H3. The van der Waals surface area contributed by atoms with Gasteiger partial charge in [0.25, 0.3) is 5.91 Å². The van der Waals surface area contributed by atoms with Crippen molar-refractivity contribution in [3.05, 3.63) is 47.6 Å². The van der Waals surface area contributed by atoms with Crippen LogP contribution in [0.3, 0.4) is 0 Å². The Morgan fingerprint density at radius 1 is 1.38 bits per heavy atom. The Hall–Kier alpha value is -2.17. The first-order valence-corrected chi connectivity index (χ1v) is 7.40. The van der Waals surface area contributed by atoms with Crippen LogP contribution in [0.1, 0.15) is 53.5 Å². The van der Waals surface area contributed by atoms with Crippen LogP contribution < -0.4 is 0 Å². The second kappa shape index (κ2) is 6.08. The van der Waals surface area contributed by atoms with Crippen molar-refractivity contribution in [3.8, 4) is 0 Å². The number of aryl methyl sites for hydroxylation is 1. The van der Waals surface area contributed by atoms with Crippen LogP contribution in [-0.4, -0.2) is 27.5 Å². The van der Waals surface area contributed by atoms with Gasteiger partial charge in [-0.05, 0) is 31.9 Å². The lowest BCUT2D eigenvalue weighted by Crippen LogP contribution is -2.34. The highest BCUT2D eigenvalue weighted by atomic mass is 16.5. The van der Waals surface area contributed by atoms with E-state index in [0.717, 1.165) is 43.7 Å². The molecule has 0 spiro atoms. The van der Waals surface area contributed by atoms with Crippen LogP contribution in [0.4, 0.5) is 0 Å². The lowest BCUT2D eigenvalue weighted by Gasteiger charge is -2.28. The van der Waals surface area contributed by atoms with Gasteiger partial charge in [-0.15, -0.1) is 0 Å². The van der Waals surface area contributed by atoms with Crippen LogP contribution >= 0.6 is 0 Å². The molecule has 1 aliphatic heterocycles. The van der Waals surface area contributed by atoms with Crippen molar-refractivity contribution in [2.75, 3.05) is 6.54 Å². The van der Waals surface area contributed by atoms with Crippen molar-refractivity contribution in [2.24, 2.45) is 0 Å². The molecule has 0 N–H and O–H groups in total. The zero-order valence-corrected chi connectivity index (χ0v) is 12.2. The van der Waals surface area contributed by atoms with E-state index < -0.39 is 0 Å². The number of amides is 1. The molecule has 5 nitrogen and oxygen atoms in total. The Kier molecular flexibility index (Phi) is 3.99. The predicted octanol–water partition coefficient (Wildman–Crippen LogP) is 3.14. The van der Waals surface area contributed by atoms with E-state index >= 15 is 0 Å². The largest absolute Gasteiger partial charge is 0.359 e. The van der Waals surface area contributed by atoms with Gasteiger partial charge in [-0.25, -0.2) is 0 Å². The highest BCUT2D eigenvalue weighted by molar-refractivity contribution is 5.94. The molecule has 2 aromatic heterocycles. The van der Waals surface area contributed by atoms with Gasteiger partial charge in [-0.1, -0.05) is 18.0 Å². The van der Waals surface area contributed by atoms with Gasteiger partial charge in [0.1, 0.15) is 0 Å². The molecule has 1 aliphatic rings. The maximum Gasteiger partial charge on any atom is 0.256 e. The van der Waals surface area contributed by atoms with Crippen LogP contribution in [0, 0.1) is 6.92 Å². The van der Waals surface area contributed by atoms with E-state index in [2.05, 4.69) is 10.1 Å². The van der Waals surface area contributed by atoms with Crippen molar-refractivity contribution in [1.29, 1.82) is 0 Å². The van der Waals surface area contributed by atoms with Crippen LogP contribution in [0.2, 0.25) is 0 Å². The van der Waals surface area contributed by atoms with Crippen molar-refractivity contribution in [2.45, 2.75) is 38.6 Å². The van der Waals surface area contributed by atoms with E-state index in [4.69, 9.17) is 4.52 Å². The fourth-order valence-corrected chi connectivity index (χ4v) is 2.84. The summed E-state index contributed by atoms with van der Waals surface area (Å²) in [6.45, 7) is 2.65. The van der Waals surface area contributed by atoms with E-state index in [1.54, 1.807) is 18.5 Å². The molecule has 21 heavy (non-hydrogen) atoms. The first-order valence-electron chi connectivity index (χ1n) is 7.40. The number of aromatic nitrogens is 2. The van der Waals surface area contributed by atoms with Crippen LogP contribution in [-0.2, 0) is 0 Å². The molecule has 1 saturated heterocycles. The zero-order chi connectivity index (χ0) is 14.7. The molecule has 0 bridgehead atoms. The quantitative estimate of drug-likeness (QED) is 0.850. The average Bonchev–Trinajstić information content (AvgIpc) is 2.80. The molecule has 1 fully saturated rings. The second-order valence-electron chi connectivity index (χ2n) is 5.48. The van der Waals surface area contributed by atoms with E-state index in [9.17, 15) is 4.79 Å². The third-order valence-corrected chi connectivity index (χ3v) is 3.90. The monoisotopic (exact) mass is 285 g/mol. The molecule has 0 aromatic carbocycles. The number of likely N-dealkylation sites (tertiary alicyclic amines) is 1. The summed E-state index contributed by atoms with van der Waals surface area (Å²) in [5, 5.41) is 3.96. The molecule has 110 valence electrons. The topological polar surface area (TPSA) is 59.2 Å². The summed E-state index contributed by atoms with van der Waals surface area (Å²) in [4.78, 5) is 18.7. The number of pyridine rings is 1. The minimum Gasteiger partial charge on any atom is -0.359 e. The van der Waals surface area contributed by atoms with E-state index in [-0.39, 0.29) is 11.9 Å². The molecule has 0 radical (unpaired) electrons. The van der Waals surface area contributed by atoms with Gasteiger partial charge in [0, 0.05) is 25.0 Å². The first kappa shape index (κ1) is 13.8. The summed E-state index contributed by atoms with van der Waals surface area (Å²) >= 11 is 0. The molecule has 3 heterocycles. The summed E-state index contributed by atoms with van der Waals surface area (Å²) in [6.07, 6.45) is 7.48. The molecule has 1 amide bonds. The number of rotatable bonds is 2. The van der Waals surface area contributed by atoms with Gasteiger partial charge >= 0.3 is 0 Å². The molecule has 1 unspecified atom stereocenters. The van der Waals surface area contributed by atoms with Crippen LogP contribution in [0.15, 0.2) is 35.1 Å². The predicted molar refractivity (Wildman–Crippen MR) is 77.7 cm³/mol. The Morgan fingerprint density at radius 3 is 3.00 bits per heavy atom. The molecular weight excluding hydrogens is 266 g/mol. The first-order chi connectivity index (χ1) is 10.3. The fraction of sp³-hybridized carbons (Fsp3) is 0.438. The maximum atomic E-state index is 12.8. The van der Waals surface area contributed by atoms with Gasteiger partial charge < -0.3 is 9.42 Å². The lowest BCUT2D eigenvalue weighted by molar-refractivity contribution is 0.0650. The Morgan fingerprint density at radius 2 is 2.29 bits per heavy atom. The fourth-order valence-electron chi connectivity index (χ4n) is 2.84. The molecular formula is C16H19N3O2. The van der Waals surface area contributed by atoms with Crippen LogP contribution in [0.25, 0.3) is 0 Å². The molecule has 0 saturated carbocycles. The second-order valence-corrected chi connectivity index (χ2v) is 5.48. The Bertz CT molecular complexity index is 609. The van der Waals surface area contributed by atoms with Crippen molar-refractivity contribution in [1.82, 2.24) is 15.0 Å². The van der Waals surface area contributed by atoms with E-state index in [0.29, 0.717) is 5.56 Å². The summed E-state index contributed by atoms with van der Waals surface area (Å²) in [7, 11) is 0. The van der Waals surface area contributed by atoms with Gasteiger partial charge in [-0.3, -0.25) is 9.78 Å². The van der Waals surface area contributed by atoms with E-state index in [1.165, 1.54) is 0 Å². The minimum atomic E-state index is -0.0265. The maximum absolute atomic E-state index is 12.8. The molecule has 2 aromatic rings. The van der Waals surface area contributed by atoms with Gasteiger partial charge in [-0.2, -0.15) is 0 Å². The van der Waals surface area contributed by atoms with Crippen LogP contribution in [0.5, 0.6) is 0 Å². The highest BCUT2D eigenvalue weighted by Crippen LogP contribution is 2.31. The zero-order valence-electron chi connectivity index (χ0n) is 12.2. The number of carbonyl (C=O) groups excluding carboxylic acids is 1. The number of carbonyl (C=O) groups is 1. The van der Waals surface area contributed by atoms with Gasteiger partial charge in [0.05, 0.1) is 17.3 Å². The number of hydrogen-bond acceptors (Lipinski definition) is 4. The summed E-state index contributed by atoms with van der Waals surface area (Å²) in [5.74, 6) is 0.802. The normalized spacial score (nSPS) is 19.3. The molecule has 3 rings (SSSR count). The van der Waals surface area contributed by atoms with Gasteiger partial charge in [0.2, 0.25) is 0 Å². The smallest absolute Gasteiger partial charge is 0.256 e. The Labute approximate surface area is 124 Å². The summed E-state index contributed by atoms with van der Waals surface area (Å²) in [5.41, 5.74) is 1.48. The lowest BCUT2D eigenvalue weighted by atomic mass is 10.1. The molecule has 5 heteroatoms. The highest BCUT2D eigenvalue weighted by Gasteiger charge is 2.30.